The molecule has 1 aliphatic rings. The van der Waals surface area contributed by atoms with Crippen LogP contribution in [-0.4, -0.2) is 33.2 Å². The summed E-state index contributed by atoms with van der Waals surface area (Å²) in [5.41, 5.74) is 4.49. The maximum Gasteiger partial charge on any atom is 0.230 e. The molecule has 0 fully saturated rings. The van der Waals surface area contributed by atoms with Gasteiger partial charge in [-0.1, -0.05) is 13.0 Å². The molecule has 3 N–H and O–H groups in total. The van der Waals surface area contributed by atoms with Gasteiger partial charge in [0.1, 0.15) is 12.4 Å². The molecule has 1 aliphatic heterocycles. The fraction of sp³-hybridized carbons (Fsp3) is 0.227. The third-order valence-electron chi connectivity index (χ3n) is 5.36. The van der Waals surface area contributed by atoms with Gasteiger partial charge in [0, 0.05) is 23.2 Å². The minimum atomic E-state index is -0.486. The van der Waals surface area contributed by atoms with Crippen molar-refractivity contribution in [2.24, 2.45) is 0 Å². The van der Waals surface area contributed by atoms with Crippen molar-refractivity contribution in [2.45, 2.75) is 19.3 Å². The first kappa shape index (κ1) is 19.3. The Morgan fingerprint density at radius 2 is 2.03 bits per heavy atom. The molecule has 1 aromatic heterocycles. The van der Waals surface area contributed by atoms with Crippen LogP contribution in [-0.2, 0) is 5.41 Å². The first-order valence-electron chi connectivity index (χ1n) is 9.38. The van der Waals surface area contributed by atoms with Gasteiger partial charge < -0.3 is 15.7 Å². The van der Waals surface area contributed by atoms with Gasteiger partial charge in [-0.25, -0.2) is 9.97 Å². The van der Waals surface area contributed by atoms with Gasteiger partial charge in [0.15, 0.2) is 5.82 Å². The summed E-state index contributed by atoms with van der Waals surface area (Å²) in [6.07, 6.45) is 1.40. The van der Waals surface area contributed by atoms with E-state index in [4.69, 9.17) is 5.26 Å². The van der Waals surface area contributed by atoms with E-state index in [-0.39, 0.29) is 6.61 Å². The van der Waals surface area contributed by atoms with Crippen molar-refractivity contribution in [3.63, 3.8) is 0 Å². The van der Waals surface area contributed by atoms with E-state index < -0.39 is 5.41 Å². The van der Waals surface area contributed by atoms with E-state index in [1.54, 1.807) is 18.2 Å². The standard InChI is InChI=1S/C22H19N7O/c1-13-3-4-14(8-23)5-18(13)28-21-27-12-26-20(29-21)15-6-16(9-24)19-17(7-15)22(2,11-30)10-25-19/h3-7,12,25,30H,10-11H2,1-2H3,(H,26,27,28,29)/t22-/m1/s1. The number of aliphatic hydroxyl groups is 1. The molecule has 0 saturated heterocycles. The topological polar surface area (TPSA) is 131 Å². The molecule has 0 aliphatic carbocycles. The second kappa shape index (κ2) is 7.43. The molecule has 0 radical (unpaired) electrons. The Morgan fingerprint density at radius 3 is 2.77 bits per heavy atom. The van der Waals surface area contributed by atoms with Crippen LogP contribution in [0.4, 0.5) is 17.3 Å². The molecule has 8 heteroatoms. The number of nitrogens with one attached hydrogen (secondary N) is 2. The van der Waals surface area contributed by atoms with Crippen LogP contribution in [0, 0.1) is 29.6 Å². The fourth-order valence-corrected chi connectivity index (χ4v) is 3.49. The molecule has 2 heterocycles. The van der Waals surface area contributed by atoms with Gasteiger partial charge in [-0.3, -0.25) is 0 Å². The van der Waals surface area contributed by atoms with Crippen LogP contribution < -0.4 is 10.6 Å². The highest BCUT2D eigenvalue weighted by molar-refractivity contribution is 5.75. The molecule has 0 saturated carbocycles. The van der Waals surface area contributed by atoms with Gasteiger partial charge in [-0.2, -0.15) is 15.5 Å². The number of hydrogen-bond donors (Lipinski definition) is 3. The van der Waals surface area contributed by atoms with Gasteiger partial charge in [-0.15, -0.1) is 0 Å². The molecule has 2 aromatic carbocycles. The van der Waals surface area contributed by atoms with Crippen LogP contribution >= 0.6 is 0 Å². The van der Waals surface area contributed by atoms with Crippen LogP contribution in [0.25, 0.3) is 11.4 Å². The summed E-state index contributed by atoms with van der Waals surface area (Å²) < 4.78 is 0. The SMILES string of the molecule is Cc1ccc(C#N)cc1Nc1ncnc(-c2cc(C#N)c3c(c2)[C@@](C)(CO)CN3)n1. The van der Waals surface area contributed by atoms with Crippen LogP contribution in [0.15, 0.2) is 36.7 Å². The third-order valence-corrected chi connectivity index (χ3v) is 5.36. The van der Waals surface area contributed by atoms with E-state index in [0.717, 1.165) is 22.5 Å². The number of aromatic nitrogens is 3. The first-order chi connectivity index (χ1) is 14.5. The van der Waals surface area contributed by atoms with E-state index in [1.807, 2.05) is 26.0 Å². The predicted molar refractivity (Wildman–Crippen MR) is 112 cm³/mol. The minimum Gasteiger partial charge on any atom is -0.395 e. The molecule has 3 aromatic rings. The van der Waals surface area contributed by atoms with E-state index in [1.165, 1.54) is 6.33 Å². The quantitative estimate of drug-likeness (QED) is 0.612. The molecule has 148 valence electrons. The van der Waals surface area contributed by atoms with Crippen molar-refractivity contribution in [3.8, 4) is 23.5 Å². The maximum absolute atomic E-state index is 9.88. The van der Waals surface area contributed by atoms with Crippen molar-refractivity contribution in [1.29, 1.82) is 10.5 Å². The predicted octanol–water partition coefficient (Wildman–Crippen LogP) is 3.01. The zero-order chi connectivity index (χ0) is 21.3. The van der Waals surface area contributed by atoms with Crippen molar-refractivity contribution in [1.82, 2.24) is 15.0 Å². The summed E-state index contributed by atoms with van der Waals surface area (Å²) in [7, 11) is 0. The molecule has 4 rings (SSSR count). The lowest BCUT2D eigenvalue weighted by atomic mass is 9.84. The summed E-state index contributed by atoms with van der Waals surface area (Å²) in [6, 6.07) is 13.3. The second-order valence-corrected chi connectivity index (χ2v) is 7.53. The minimum absolute atomic E-state index is 0.0418. The summed E-state index contributed by atoms with van der Waals surface area (Å²) in [6.45, 7) is 4.38. The summed E-state index contributed by atoms with van der Waals surface area (Å²) in [5, 5.41) is 35.0. The van der Waals surface area contributed by atoms with Crippen molar-refractivity contribution >= 4 is 17.3 Å². The monoisotopic (exact) mass is 397 g/mol. The van der Waals surface area contributed by atoms with Gasteiger partial charge in [0.25, 0.3) is 0 Å². The average Bonchev–Trinajstić information content (AvgIpc) is 3.12. The number of aliphatic hydroxyl groups excluding tert-OH is 1. The van der Waals surface area contributed by atoms with Gasteiger partial charge in [0.2, 0.25) is 5.95 Å². The van der Waals surface area contributed by atoms with Crippen LogP contribution in [0.1, 0.15) is 29.2 Å². The van der Waals surface area contributed by atoms with Crippen LogP contribution in [0.3, 0.4) is 0 Å². The Bertz CT molecular complexity index is 1230. The molecular weight excluding hydrogens is 378 g/mol. The number of nitriles is 2. The fourth-order valence-electron chi connectivity index (χ4n) is 3.49. The lowest BCUT2D eigenvalue weighted by Crippen LogP contribution is -2.28. The largest absolute Gasteiger partial charge is 0.395 e. The van der Waals surface area contributed by atoms with Crippen molar-refractivity contribution in [3.05, 3.63) is 58.9 Å². The second-order valence-electron chi connectivity index (χ2n) is 7.53. The summed E-state index contributed by atoms with van der Waals surface area (Å²) in [4.78, 5) is 13.0. The Balaban J connectivity index is 1.75. The molecule has 0 amide bonds. The highest BCUT2D eigenvalue weighted by atomic mass is 16.3. The van der Waals surface area contributed by atoms with E-state index in [9.17, 15) is 10.4 Å². The number of anilines is 3. The lowest BCUT2D eigenvalue weighted by Gasteiger charge is -2.21. The molecule has 1 atom stereocenters. The first-order valence-corrected chi connectivity index (χ1v) is 9.38. The Kier molecular flexibility index (Phi) is 4.78. The normalized spacial score (nSPS) is 16.8. The third kappa shape index (κ3) is 3.30. The summed E-state index contributed by atoms with van der Waals surface area (Å²) in [5.74, 6) is 0.744. The Labute approximate surface area is 173 Å². The molecule has 0 bridgehead atoms. The molecule has 8 nitrogen and oxygen atoms in total. The van der Waals surface area contributed by atoms with Crippen molar-refractivity contribution in [2.75, 3.05) is 23.8 Å². The highest BCUT2D eigenvalue weighted by Gasteiger charge is 2.36. The number of hydrogen-bond acceptors (Lipinski definition) is 8. The number of fused-ring (bicyclic) bond motifs is 1. The number of nitrogens with zero attached hydrogens (tertiary/aromatic N) is 5. The molecule has 30 heavy (non-hydrogen) atoms. The number of rotatable bonds is 4. The Morgan fingerprint density at radius 1 is 1.20 bits per heavy atom. The van der Waals surface area contributed by atoms with Gasteiger partial charge in [0.05, 0.1) is 29.5 Å². The van der Waals surface area contributed by atoms with E-state index in [0.29, 0.717) is 35.0 Å². The van der Waals surface area contributed by atoms with E-state index >= 15 is 0 Å². The molecule has 0 spiro atoms. The van der Waals surface area contributed by atoms with Gasteiger partial charge in [-0.05, 0) is 42.3 Å². The van der Waals surface area contributed by atoms with Crippen LogP contribution in [0.5, 0.6) is 0 Å². The van der Waals surface area contributed by atoms with E-state index in [2.05, 4.69) is 37.7 Å². The number of aryl methyl sites for hydroxylation is 1. The zero-order valence-corrected chi connectivity index (χ0v) is 16.6. The van der Waals surface area contributed by atoms with Crippen molar-refractivity contribution < 1.29 is 5.11 Å². The smallest absolute Gasteiger partial charge is 0.230 e. The average molecular weight is 397 g/mol. The number of benzene rings is 2. The molecule has 0 unspecified atom stereocenters. The summed E-state index contributed by atoms with van der Waals surface area (Å²) >= 11 is 0. The highest BCUT2D eigenvalue weighted by Crippen LogP contribution is 2.40. The maximum atomic E-state index is 9.88. The zero-order valence-electron chi connectivity index (χ0n) is 16.6. The lowest BCUT2D eigenvalue weighted by molar-refractivity contribution is 0.219. The van der Waals surface area contributed by atoms with Crippen LogP contribution in [0.2, 0.25) is 0 Å². The Hall–Kier alpha value is -4.01. The van der Waals surface area contributed by atoms with Gasteiger partial charge >= 0.3 is 0 Å². The molecular formula is C22H19N7O.